The van der Waals surface area contributed by atoms with Crippen molar-refractivity contribution in [2.24, 2.45) is 0 Å². The van der Waals surface area contributed by atoms with E-state index < -0.39 is 37.0 Å². The molecule has 152 valence electrons. The summed E-state index contributed by atoms with van der Waals surface area (Å²) in [6.45, 7) is -0.798. The molecule has 0 bridgehead atoms. The standard InChI is InChI=1S/C20H21N3O6/c1-28-17(24)12-23(13-18(25)29-2)19(26)14-8-10-16(11-9-14)22-20(27)21-15-6-4-3-5-7-15/h3-11H,12-13H2,1-2H3,(H2,21,22,27). The van der Waals surface area contributed by atoms with E-state index in [0.29, 0.717) is 11.4 Å². The Morgan fingerprint density at radius 1 is 0.759 bits per heavy atom. The van der Waals surface area contributed by atoms with Crippen LogP contribution in [0, 0.1) is 0 Å². The van der Waals surface area contributed by atoms with Crippen LogP contribution in [-0.2, 0) is 19.1 Å². The van der Waals surface area contributed by atoms with Gasteiger partial charge in [-0.1, -0.05) is 18.2 Å². The number of urea groups is 1. The maximum Gasteiger partial charge on any atom is 0.325 e. The molecule has 9 heteroatoms. The molecule has 0 aromatic heterocycles. The first-order valence-electron chi connectivity index (χ1n) is 8.59. The Morgan fingerprint density at radius 3 is 1.72 bits per heavy atom. The largest absolute Gasteiger partial charge is 0.468 e. The van der Waals surface area contributed by atoms with Gasteiger partial charge >= 0.3 is 18.0 Å². The van der Waals surface area contributed by atoms with E-state index in [1.54, 1.807) is 24.3 Å². The number of ether oxygens (including phenoxy) is 2. The predicted octanol–water partition coefficient (Wildman–Crippen LogP) is 2.12. The molecule has 2 aromatic carbocycles. The van der Waals surface area contributed by atoms with Crippen LogP contribution < -0.4 is 10.6 Å². The summed E-state index contributed by atoms with van der Waals surface area (Å²) in [5.74, 6) is -1.89. The van der Waals surface area contributed by atoms with E-state index in [1.807, 2.05) is 6.07 Å². The van der Waals surface area contributed by atoms with Crippen molar-refractivity contribution in [3.63, 3.8) is 0 Å². The first-order chi connectivity index (χ1) is 13.9. The van der Waals surface area contributed by atoms with Gasteiger partial charge in [0.1, 0.15) is 13.1 Å². The maximum absolute atomic E-state index is 12.6. The van der Waals surface area contributed by atoms with Gasteiger partial charge in [-0.2, -0.15) is 0 Å². The van der Waals surface area contributed by atoms with Crippen LogP contribution in [0.1, 0.15) is 10.4 Å². The SMILES string of the molecule is COC(=O)CN(CC(=O)OC)C(=O)c1ccc(NC(=O)Nc2ccccc2)cc1. The number of carbonyl (C=O) groups excluding carboxylic acids is 4. The molecule has 0 fully saturated rings. The van der Waals surface area contributed by atoms with E-state index in [2.05, 4.69) is 20.1 Å². The molecule has 0 saturated heterocycles. The normalized spacial score (nSPS) is 9.86. The second kappa shape index (κ2) is 10.5. The summed E-state index contributed by atoms with van der Waals surface area (Å²) in [7, 11) is 2.37. The minimum absolute atomic E-state index is 0.229. The summed E-state index contributed by atoms with van der Waals surface area (Å²) in [5.41, 5.74) is 1.33. The third-order valence-electron chi connectivity index (χ3n) is 3.80. The molecule has 0 saturated carbocycles. The molecule has 29 heavy (non-hydrogen) atoms. The van der Waals surface area contributed by atoms with E-state index >= 15 is 0 Å². The van der Waals surface area contributed by atoms with Crippen molar-refractivity contribution in [1.82, 2.24) is 4.90 Å². The second-order valence-corrected chi connectivity index (χ2v) is 5.84. The third kappa shape index (κ3) is 6.65. The summed E-state index contributed by atoms with van der Waals surface area (Å²) in [4.78, 5) is 48.7. The number of rotatable bonds is 7. The highest BCUT2D eigenvalue weighted by Gasteiger charge is 2.22. The number of para-hydroxylation sites is 1. The van der Waals surface area contributed by atoms with Crippen LogP contribution >= 0.6 is 0 Å². The van der Waals surface area contributed by atoms with E-state index in [4.69, 9.17) is 0 Å². The number of carbonyl (C=O) groups is 4. The Bertz CT molecular complexity index is 850. The fourth-order valence-electron chi connectivity index (χ4n) is 2.33. The molecule has 2 N–H and O–H groups in total. The Hall–Kier alpha value is -3.88. The minimum atomic E-state index is -0.668. The fourth-order valence-corrected chi connectivity index (χ4v) is 2.33. The van der Waals surface area contributed by atoms with Crippen LogP contribution in [0.4, 0.5) is 16.2 Å². The lowest BCUT2D eigenvalue weighted by Crippen LogP contribution is -2.40. The van der Waals surface area contributed by atoms with Gasteiger partial charge in [0.05, 0.1) is 14.2 Å². The van der Waals surface area contributed by atoms with Crippen LogP contribution in [0.3, 0.4) is 0 Å². The molecule has 0 atom stereocenters. The minimum Gasteiger partial charge on any atom is -0.468 e. The molecular formula is C20H21N3O6. The van der Waals surface area contributed by atoms with Crippen molar-refractivity contribution in [1.29, 1.82) is 0 Å². The van der Waals surface area contributed by atoms with Crippen LogP contribution in [0.15, 0.2) is 54.6 Å². The van der Waals surface area contributed by atoms with Crippen LogP contribution in [-0.4, -0.2) is 56.1 Å². The van der Waals surface area contributed by atoms with Crippen molar-refractivity contribution in [3.8, 4) is 0 Å². The van der Waals surface area contributed by atoms with E-state index in [9.17, 15) is 19.2 Å². The third-order valence-corrected chi connectivity index (χ3v) is 3.80. The smallest absolute Gasteiger partial charge is 0.325 e. The lowest BCUT2D eigenvalue weighted by molar-refractivity contribution is -0.144. The number of anilines is 2. The van der Waals surface area contributed by atoms with Gasteiger partial charge in [-0.15, -0.1) is 0 Å². The summed E-state index contributed by atoms with van der Waals surface area (Å²) >= 11 is 0. The van der Waals surface area contributed by atoms with Gasteiger partial charge in [0, 0.05) is 16.9 Å². The Labute approximate surface area is 167 Å². The monoisotopic (exact) mass is 399 g/mol. The van der Waals surface area contributed by atoms with Gasteiger partial charge in [0.25, 0.3) is 5.91 Å². The number of esters is 2. The van der Waals surface area contributed by atoms with Crippen molar-refractivity contribution in [2.75, 3.05) is 37.9 Å². The second-order valence-electron chi connectivity index (χ2n) is 5.84. The molecule has 0 spiro atoms. The predicted molar refractivity (Wildman–Crippen MR) is 105 cm³/mol. The molecule has 2 rings (SSSR count). The first kappa shape index (κ1) is 21.4. The Balaban J connectivity index is 2.04. The fraction of sp³-hybridized carbons (Fsp3) is 0.200. The van der Waals surface area contributed by atoms with Gasteiger partial charge in [0.2, 0.25) is 0 Å². The molecule has 0 aliphatic heterocycles. The maximum atomic E-state index is 12.6. The zero-order valence-corrected chi connectivity index (χ0v) is 16.0. The summed E-state index contributed by atoms with van der Waals surface area (Å²) < 4.78 is 9.11. The van der Waals surface area contributed by atoms with Gasteiger partial charge in [-0.3, -0.25) is 14.4 Å². The van der Waals surface area contributed by atoms with Crippen LogP contribution in [0.2, 0.25) is 0 Å². The Morgan fingerprint density at radius 2 is 1.24 bits per heavy atom. The highest BCUT2D eigenvalue weighted by atomic mass is 16.5. The first-order valence-corrected chi connectivity index (χ1v) is 8.59. The molecule has 0 aliphatic carbocycles. The molecule has 2 aromatic rings. The van der Waals surface area contributed by atoms with Gasteiger partial charge in [-0.05, 0) is 36.4 Å². The van der Waals surface area contributed by atoms with Crippen LogP contribution in [0.25, 0.3) is 0 Å². The average molecular weight is 399 g/mol. The lowest BCUT2D eigenvalue weighted by atomic mass is 10.1. The Kier molecular flexibility index (Phi) is 7.72. The average Bonchev–Trinajstić information content (AvgIpc) is 2.73. The number of nitrogens with one attached hydrogen (secondary N) is 2. The lowest BCUT2D eigenvalue weighted by Gasteiger charge is -2.20. The number of amides is 3. The summed E-state index contributed by atoms with van der Waals surface area (Å²) in [6, 6.07) is 14.5. The molecular weight excluding hydrogens is 378 g/mol. The van der Waals surface area contributed by atoms with Gasteiger partial charge < -0.3 is 25.0 Å². The zero-order chi connectivity index (χ0) is 21.2. The van der Waals surface area contributed by atoms with E-state index in [0.717, 1.165) is 4.90 Å². The zero-order valence-electron chi connectivity index (χ0n) is 16.0. The molecule has 0 heterocycles. The van der Waals surface area contributed by atoms with E-state index in [-0.39, 0.29) is 5.56 Å². The molecule has 0 unspecified atom stereocenters. The topological polar surface area (TPSA) is 114 Å². The van der Waals surface area contributed by atoms with Crippen molar-refractivity contribution in [3.05, 3.63) is 60.2 Å². The quantitative estimate of drug-likeness (QED) is 0.690. The highest BCUT2D eigenvalue weighted by Crippen LogP contribution is 2.13. The number of hydrogen-bond acceptors (Lipinski definition) is 6. The molecule has 0 aliphatic rings. The number of nitrogens with zero attached hydrogens (tertiary/aromatic N) is 1. The van der Waals surface area contributed by atoms with Crippen molar-refractivity contribution in [2.45, 2.75) is 0 Å². The molecule has 0 radical (unpaired) electrons. The molecule has 3 amide bonds. The number of benzene rings is 2. The summed E-state index contributed by atoms with van der Waals surface area (Å²) in [6.07, 6.45) is 0. The van der Waals surface area contributed by atoms with E-state index in [1.165, 1.54) is 38.5 Å². The van der Waals surface area contributed by atoms with Gasteiger partial charge in [0.15, 0.2) is 0 Å². The summed E-state index contributed by atoms with van der Waals surface area (Å²) in [5, 5.41) is 5.32. The molecule has 9 nitrogen and oxygen atoms in total. The van der Waals surface area contributed by atoms with Crippen molar-refractivity contribution >= 4 is 35.3 Å². The van der Waals surface area contributed by atoms with Gasteiger partial charge in [-0.25, -0.2) is 4.79 Å². The highest BCUT2D eigenvalue weighted by molar-refractivity contribution is 6.01. The number of methoxy groups -OCH3 is 2. The van der Waals surface area contributed by atoms with Crippen LogP contribution in [0.5, 0.6) is 0 Å². The van der Waals surface area contributed by atoms with Crippen molar-refractivity contribution < 1.29 is 28.7 Å². The number of hydrogen-bond donors (Lipinski definition) is 2.